The van der Waals surface area contributed by atoms with E-state index < -0.39 is 28.6 Å². The Kier molecular flexibility index (Phi) is 8.82. The van der Waals surface area contributed by atoms with Gasteiger partial charge in [-0.1, -0.05) is 41.9 Å². The maximum absolute atomic E-state index is 13.7. The van der Waals surface area contributed by atoms with E-state index in [0.29, 0.717) is 27.3 Å². The molecule has 11 heteroatoms. The first kappa shape index (κ1) is 28.1. The minimum absolute atomic E-state index is 0.00943. The lowest BCUT2D eigenvalue weighted by Gasteiger charge is -2.25. The number of amidine groups is 1. The third kappa shape index (κ3) is 7.33. The van der Waals surface area contributed by atoms with Crippen LogP contribution in [0.1, 0.15) is 5.56 Å². The van der Waals surface area contributed by atoms with Gasteiger partial charge >= 0.3 is 0 Å². The number of halogens is 1. The highest BCUT2D eigenvalue weighted by Crippen LogP contribution is 2.25. The molecule has 9 nitrogen and oxygen atoms in total. The molecule has 1 amide bonds. The van der Waals surface area contributed by atoms with Crippen molar-refractivity contribution in [3.8, 4) is 0 Å². The van der Waals surface area contributed by atoms with Gasteiger partial charge in [-0.05, 0) is 71.4 Å². The second-order valence-corrected chi connectivity index (χ2v) is 11.3. The SMILES string of the molecule is N=C(N)c1ccc(NCC(O)CN(CC(=O)Nc2ccccc2)S(=O)(=O)c2ccc3cc(Cl)ccc3c2)cc1. The first-order valence-corrected chi connectivity index (χ1v) is 13.8. The molecule has 0 aliphatic carbocycles. The van der Waals surface area contributed by atoms with E-state index in [4.69, 9.17) is 22.7 Å². The molecule has 0 aromatic heterocycles. The Balaban J connectivity index is 1.54. The van der Waals surface area contributed by atoms with E-state index in [1.807, 2.05) is 0 Å². The van der Waals surface area contributed by atoms with Gasteiger partial charge in [-0.3, -0.25) is 10.2 Å². The Labute approximate surface area is 231 Å². The van der Waals surface area contributed by atoms with E-state index in [0.717, 1.165) is 9.69 Å². The monoisotopic (exact) mass is 565 g/mol. The number of nitrogens with zero attached hydrogens (tertiary/aromatic N) is 1. The maximum atomic E-state index is 13.7. The zero-order chi connectivity index (χ0) is 28.0. The molecule has 0 saturated carbocycles. The van der Waals surface area contributed by atoms with E-state index in [9.17, 15) is 18.3 Å². The second kappa shape index (κ2) is 12.3. The summed E-state index contributed by atoms with van der Waals surface area (Å²) >= 11 is 6.06. The first-order valence-electron chi connectivity index (χ1n) is 12.0. The summed E-state index contributed by atoms with van der Waals surface area (Å²) in [5, 5.41) is 26.0. The Morgan fingerprint density at radius 3 is 2.31 bits per heavy atom. The molecule has 0 aliphatic rings. The molecular formula is C28H28ClN5O4S. The van der Waals surface area contributed by atoms with Gasteiger partial charge in [0.05, 0.1) is 17.5 Å². The molecule has 0 fully saturated rings. The van der Waals surface area contributed by atoms with Crippen molar-refractivity contribution in [3.05, 3.63) is 102 Å². The van der Waals surface area contributed by atoms with Crippen molar-refractivity contribution in [2.75, 3.05) is 30.3 Å². The van der Waals surface area contributed by atoms with Crippen molar-refractivity contribution in [2.24, 2.45) is 5.73 Å². The Morgan fingerprint density at radius 1 is 0.949 bits per heavy atom. The highest BCUT2D eigenvalue weighted by atomic mass is 35.5. The van der Waals surface area contributed by atoms with Gasteiger partial charge in [0.15, 0.2) is 0 Å². The number of carbonyl (C=O) groups excluding carboxylic acids is 1. The molecular weight excluding hydrogens is 538 g/mol. The summed E-state index contributed by atoms with van der Waals surface area (Å²) in [4.78, 5) is 12.8. The molecule has 0 heterocycles. The molecule has 0 spiro atoms. The van der Waals surface area contributed by atoms with Crippen LogP contribution in [0.4, 0.5) is 11.4 Å². The van der Waals surface area contributed by atoms with Crippen LogP contribution < -0.4 is 16.4 Å². The maximum Gasteiger partial charge on any atom is 0.243 e. The number of aliphatic hydroxyl groups is 1. The van der Waals surface area contributed by atoms with Gasteiger partial charge in [0.25, 0.3) is 0 Å². The first-order chi connectivity index (χ1) is 18.6. The standard InChI is InChI=1S/C28H28ClN5O4S/c29-22-10-6-21-15-26(13-9-20(21)14-22)39(37,38)34(18-27(36)33-24-4-2-1-3-5-24)17-25(35)16-32-23-11-7-19(8-12-23)28(30)31/h1-15,25,32,35H,16-18H2,(H3,30,31)(H,33,36). The molecule has 202 valence electrons. The summed E-state index contributed by atoms with van der Waals surface area (Å²) in [6.07, 6.45) is -1.14. The largest absolute Gasteiger partial charge is 0.390 e. The average Bonchev–Trinajstić information content (AvgIpc) is 2.92. The molecule has 0 radical (unpaired) electrons. The van der Waals surface area contributed by atoms with Crippen LogP contribution in [0.5, 0.6) is 0 Å². The van der Waals surface area contributed by atoms with E-state index in [2.05, 4.69) is 10.6 Å². The second-order valence-electron chi connectivity index (χ2n) is 8.89. The number of para-hydroxylation sites is 1. The van der Waals surface area contributed by atoms with Crippen LogP contribution >= 0.6 is 11.6 Å². The van der Waals surface area contributed by atoms with Gasteiger partial charge in [0.1, 0.15) is 5.84 Å². The van der Waals surface area contributed by atoms with Gasteiger partial charge < -0.3 is 21.5 Å². The van der Waals surface area contributed by atoms with Gasteiger partial charge in [0, 0.05) is 35.1 Å². The Morgan fingerprint density at radius 2 is 1.62 bits per heavy atom. The molecule has 4 aromatic carbocycles. The van der Waals surface area contributed by atoms with Crippen molar-refractivity contribution in [3.63, 3.8) is 0 Å². The molecule has 1 unspecified atom stereocenters. The van der Waals surface area contributed by atoms with Crippen molar-refractivity contribution < 1.29 is 18.3 Å². The fourth-order valence-electron chi connectivity index (χ4n) is 3.94. The molecule has 39 heavy (non-hydrogen) atoms. The Bertz CT molecular complexity index is 1580. The molecule has 0 bridgehead atoms. The lowest BCUT2D eigenvalue weighted by atomic mass is 10.1. The predicted octanol–water partition coefficient (Wildman–Crippen LogP) is 3.88. The number of rotatable bonds is 11. The zero-order valence-electron chi connectivity index (χ0n) is 20.8. The summed E-state index contributed by atoms with van der Waals surface area (Å²) in [5.74, 6) is -0.606. The lowest BCUT2D eigenvalue weighted by Crippen LogP contribution is -2.44. The number of hydrogen-bond donors (Lipinski definition) is 5. The van der Waals surface area contributed by atoms with E-state index >= 15 is 0 Å². The van der Waals surface area contributed by atoms with Crippen LogP contribution in [0.3, 0.4) is 0 Å². The van der Waals surface area contributed by atoms with Gasteiger partial charge in [-0.2, -0.15) is 4.31 Å². The fourth-order valence-corrected chi connectivity index (χ4v) is 5.59. The molecule has 0 saturated heterocycles. The number of carbonyl (C=O) groups is 1. The lowest BCUT2D eigenvalue weighted by molar-refractivity contribution is -0.116. The third-order valence-corrected chi connectivity index (χ3v) is 7.98. The van der Waals surface area contributed by atoms with Crippen LogP contribution in [0.15, 0.2) is 95.9 Å². The molecule has 4 rings (SSSR count). The molecule has 1 atom stereocenters. The summed E-state index contributed by atoms with van der Waals surface area (Å²) < 4.78 is 28.4. The smallest absolute Gasteiger partial charge is 0.243 e. The summed E-state index contributed by atoms with van der Waals surface area (Å²) in [6.45, 7) is -0.816. The number of nitrogens with two attached hydrogens (primary N) is 1. The van der Waals surface area contributed by atoms with Gasteiger partial charge in [-0.25, -0.2) is 8.42 Å². The quantitative estimate of drug-likeness (QED) is 0.138. The van der Waals surface area contributed by atoms with Crippen molar-refractivity contribution in [1.29, 1.82) is 5.41 Å². The van der Waals surface area contributed by atoms with Crippen LogP contribution in [0, 0.1) is 5.41 Å². The topological polar surface area (TPSA) is 149 Å². The van der Waals surface area contributed by atoms with Gasteiger partial charge in [0.2, 0.25) is 15.9 Å². The average molecular weight is 566 g/mol. The molecule has 0 aliphatic heterocycles. The van der Waals surface area contributed by atoms with Crippen molar-refractivity contribution in [1.82, 2.24) is 4.31 Å². The number of aliphatic hydroxyl groups excluding tert-OH is 1. The van der Waals surface area contributed by atoms with Crippen LogP contribution in [-0.2, 0) is 14.8 Å². The molecule has 6 N–H and O–H groups in total. The third-order valence-electron chi connectivity index (χ3n) is 5.94. The molecule has 4 aromatic rings. The minimum Gasteiger partial charge on any atom is -0.390 e. The number of nitrogen functional groups attached to an aromatic ring is 1. The summed E-state index contributed by atoms with van der Waals surface area (Å²) in [7, 11) is -4.17. The van der Waals surface area contributed by atoms with Crippen LogP contribution in [0.25, 0.3) is 10.8 Å². The highest BCUT2D eigenvalue weighted by molar-refractivity contribution is 7.89. The van der Waals surface area contributed by atoms with E-state index in [-0.39, 0.29) is 23.8 Å². The summed E-state index contributed by atoms with van der Waals surface area (Å²) in [6, 6.07) is 25.2. The van der Waals surface area contributed by atoms with Crippen molar-refractivity contribution >= 4 is 55.5 Å². The number of hydrogen-bond acceptors (Lipinski definition) is 6. The minimum atomic E-state index is -4.17. The predicted molar refractivity (Wildman–Crippen MR) is 155 cm³/mol. The van der Waals surface area contributed by atoms with E-state index in [1.165, 1.54) is 12.1 Å². The highest BCUT2D eigenvalue weighted by Gasteiger charge is 2.29. The van der Waals surface area contributed by atoms with Crippen molar-refractivity contribution in [2.45, 2.75) is 11.0 Å². The number of benzene rings is 4. The number of amides is 1. The normalized spacial score (nSPS) is 12.3. The summed E-state index contributed by atoms with van der Waals surface area (Å²) in [5.41, 5.74) is 7.22. The zero-order valence-corrected chi connectivity index (χ0v) is 22.4. The number of nitrogens with one attached hydrogen (secondary N) is 3. The van der Waals surface area contributed by atoms with E-state index in [1.54, 1.807) is 78.9 Å². The van der Waals surface area contributed by atoms with Gasteiger partial charge in [-0.15, -0.1) is 0 Å². The number of sulfonamides is 1. The fraction of sp³-hybridized carbons (Fsp3) is 0.143. The van der Waals surface area contributed by atoms with Crippen LogP contribution in [0.2, 0.25) is 5.02 Å². The number of anilines is 2. The van der Waals surface area contributed by atoms with Crippen LogP contribution in [-0.4, -0.2) is 55.3 Å². The Hall–Kier alpha value is -3.96. The number of fused-ring (bicyclic) bond motifs is 1.